The van der Waals surface area contributed by atoms with E-state index in [4.69, 9.17) is 0 Å². The van der Waals surface area contributed by atoms with Crippen LogP contribution in [0.25, 0.3) is 11.1 Å². The number of carbonyl (C=O) groups excluding carboxylic acids is 1. The van der Waals surface area contributed by atoms with E-state index in [-0.39, 0.29) is 11.4 Å². The van der Waals surface area contributed by atoms with Gasteiger partial charge in [0, 0.05) is 50.8 Å². The molecule has 3 aliphatic rings. The van der Waals surface area contributed by atoms with Crippen molar-refractivity contribution < 1.29 is 4.79 Å². The van der Waals surface area contributed by atoms with E-state index in [0.717, 1.165) is 36.3 Å². The number of amides is 1. The summed E-state index contributed by atoms with van der Waals surface area (Å²) in [5.41, 5.74) is 2.48. The fraction of sp³-hybridized carbons (Fsp3) is 0.348. The lowest BCUT2D eigenvalue weighted by molar-refractivity contribution is -0.114. The minimum Gasteiger partial charge on any atom is -0.362 e. The molecule has 3 fully saturated rings. The predicted octanol–water partition coefficient (Wildman–Crippen LogP) is 3.37. The number of pyridine rings is 2. The maximum absolute atomic E-state index is 13.4. The van der Waals surface area contributed by atoms with Gasteiger partial charge in [-0.25, -0.2) is 19.9 Å². The third-order valence-corrected chi connectivity index (χ3v) is 6.47. The first kappa shape index (κ1) is 19.4. The first-order valence-electron chi connectivity index (χ1n) is 10.4. The summed E-state index contributed by atoms with van der Waals surface area (Å²) in [6.07, 6.45) is 10.1. The monoisotopic (exact) mass is 415 g/mol. The van der Waals surface area contributed by atoms with Gasteiger partial charge in [-0.2, -0.15) is 0 Å². The van der Waals surface area contributed by atoms with Crippen molar-refractivity contribution in [1.82, 2.24) is 24.8 Å². The largest absolute Gasteiger partial charge is 0.362 e. The Hall–Kier alpha value is -3.55. The van der Waals surface area contributed by atoms with Gasteiger partial charge >= 0.3 is 0 Å². The second-order valence-electron chi connectivity index (χ2n) is 8.71. The first-order valence-corrected chi connectivity index (χ1v) is 10.4. The van der Waals surface area contributed by atoms with Crippen molar-refractivity contribution in [2.24, 2.45) is 5.92 Å². The highest BCUT2D eigenvalue weighted by atomic mass is 16.2. The van der Waals surface area contributed by atoms with Gasteiger partial charge in [-0.1, -0.05) is 0 Å². The molecule has 0 spiro atoms. The molecule has 0 aromatic carbocycles. The second-order valence-corrected chi connectivity index (χ2v) is 8.71. The van der Waals surface area contributed by atoms with Crippen molar-refractivity contribution >= 4 is 23.4 Å². The number of aromatic nitrogens is 4. The van der Waals surface area contributed by atoms with Gasteiger partial charge in [-0.3, -0.25) is 4.79 Å². The molecule has 2 bridgehead atoms. The quantitative estimate of drug-likeness (QED) is 0.660. The van der Waals surface area contributed by atoms with Crippen LogP contribution in [0.3, 0.4) is 0 Å². The molecular formula is C23H25N7O. The Bertz CT molecular complexity index is 1110. The van der Waals surface area contributed by atoms with Crippen LogP contribution in [0.5, 0.6) is 0 Å². The van der Waals surface area contributed by atoms with Crippen LogP contribution < -0.4 is 10.2 Å². The van der Waals surface area contributed by atoms with Gasteiger partial charge in [-0.05, 0) is 55.0 Å². The normalized spacial score (nSPS) is 20.9. The summed E-state index contributed by atoms with van der Waals surface area (Å²) in [6, 6.07) is 7.56. The lowest BCUT2D eigenvalue weighted by Gasteiger charge is -2.65. The highest BCUT2D eigenvalue weighted by molar-refractivity contribution is 6.00. The fourth-order valence-corrected chi connectivity index (χ4v) is 4.54. The van der Waals surface area contributed by atoms with Crippen molar-refractivity contribution in [2.45, 2.75) is 24.8 Å². The lowest BCUT2D eigenvalue weighted by Crippen LogP contribution is -2.68. The SMILES string of the molecule is CN(C)c1ncc(-c2ccnc(Nc3ccncn3)c2)cc1C(=O)N(C)C12CC(C1)C2. The molecule has 158 valence electrons. The average molecular weight is 416 g/mol. The van der Waals surface area contributed by atoms with Crippen LogP contribution in [0, 0.1) is 5.92 Å². The molecule has 8 heteroatoms. The zero-order chi connectivity index (χ0) is 21.6. The van der Waals surface area contributed by atoms with E-state index >= 15 is 0 Å². The average Bonchev–Trinajstić information content (AvgIpc) is 2.71. The molecular weight excluding hydrogens is 390 g/mol. The van der Waals surface area contributed by atoms with Crippen LogP contribution in [-0.2, 0) is 0 Å². The molecule has 3 heterocycles. The third-order valence-electron chi connectivity index (χ3n) is 6.47. The van der Waals surface area contributed by atoms with Gasteiger partial charge in [0.25, 0.3) is 5.91 Å². The molecule has 3 aromatic rings. The van der Waals surface area contributed by atoms with E-state index in [0.29, 0.717) is 23.0 Å². The van der Waals surface area contributed by atoms with Crippen molar-refractivity contribution in [3.63, 3.8) is 0 Å². The number of anilines is 3. The van der Waals surface area contributed by atoms with Crippen LogP contribution in [0.4, 0.5) is 17.5 Å². The summed E-state index contributed by atoms with van der Waals surface area (Å²) >= 11 is 0. The van der Waals surface area contributed by atoms with E-state index < -0.39 is 0 Å². The van der Waals surface area contributed by atoms with Crippen molar-refractivity contribution in [3.8, 4) is 11.1 Å². The topological polar surface area (TPSA) is 87.1 Å². The van der Waals surface area contributed by atoms with E-state index in [1.54, 1.807) is 24.7 Å². The molecule has 3 aliphatic carbocycles. The Morgan fingerprint density at radius 3 is 2.45 bits per heavy atom. The number of carbonyl (C=O) groups is 1. The summed E-state index contributed by atoms with van der Waals surface area (Å²) < 4.78 is 0. The minimum atomic E-state index is 0.0320. The van der Waals surface area contributed by atoms with E-state index in [2.05, 4.69) is 25.3 Å². The first-order chi connectivity index (χ1) is 14.9. The van der Waals surface area contributed by atoms with E-state index in [9.17, 15) is 4.79 Å². The standard InChI is InChI=1S/C23H25N7O/c1-29(2)21-18(22(31)30(3)23-10-15(11-23)12-23)8-17(13-26-21)16-4-7-25-20(9-16)28-19-5-6-24-14-27-19/h4-9,13-15H,10-12H2,1-3H3,(H,24,25,27,28). The summed E-state index contributed by atoms with van der Waals surface area (Å²) in [5, 5.41) is 3.17. The van der Waals surface area contributed by atoms with Gasteiger partial charge in [-0.15, -0.1) is 0 Å². The number of rotatable bonds is 6. The van der Waals surface area contributed by atoms with Gasteiger partial charge in [0.05, 0.1) is 5.56 Å². The van der Waals surface area contributed by atoms with Crippen LogP contribution in [0.1, 0.15) is 29.6 Å². The third kappa shape index (κ3) is 3.37. The van der Waals surface area contributed by atoms with Crippen molar-refractivity contribution in [3.05, 3.63) is 54.7 Å². The minimum absolute atomic E-state index is 0.0320. The van der Waals surface area contributed by atoms with Gasteiger partial charge in [0.1, 0.15) is 23.8 Å². The van der Waals surface area contributed by atoms with Gasteiger partial charge < -0.3 is 15.1 Å². The molecule has 0 radical (unpaired) electrons. The maximum Gasteiger partial charge on any atom is 0.257 e. The molecule has 3 saturated carbocycles. The summed E-state index contributed by atoms with van der Waals surface area (Å²) in [5.74, 6) is 2.85. The predicted molar refractivity (Wildman–Crippen MR) is 119 cm³/mol. The zero-order valence-electron chi connectivity index (χ0n) is 17.9. The summed E-state index contributed by atoms with van der Waals surface area (Å²) in [4.78, 5) is 34.4. The second kappa shape index (κ2) is 7.30. The molecule has 8 nitrogen and oxygen atoms in total. The summed E-state index contributed by atoms with van der Waals surface area (Å²) in [7, 11) is 5.76. The van der Waals surface area contributed by atoms with Crippen LogP contribution in [0.2, 0.25) is 0 Å². The number of nitrogens with one attached hydrogen (secondary N) is 1. The van der Waals surface area contributed by atoms with Crippen molar-refractivity contribution in [2.75, 3.05) is 31.4 Å². The summed E-state index contributed by atoms with van der Waals surface area (Å²) in [6.45, 7) is 0. The van der Waals surface area contributed by atoms with E-state index in [1.165, 1.54) is 6.33 Å². The maximum atomic E-state index is 13.4. The molecule has 3 aromatic heterocycles. The molecule has 1 amide bonds. The lowest BCUT2D eigenvalue weighted by atomic mass is 9.49. The number of nitrogens with zero attached hydrogens (tertiary/aromatic N) is 6. The van der Waals surface area contributed by atoms with Crippen LogP contribution >= 0.6 is 0 Å². The van der Waals surface area contributed by atoms with Crippen LogP contribution in [0.15, 0.2) is 49.2 Å². The smallest absolute Gasteiger partial charge is 0.257 e. The Kier molecular flexibility index (Phi) is 4.57. The molecule has 0 aliphatic heterocycles. The molecule has 0 atom stereocenters. The van der Waals surface area contributed by atoms with Gasteiger partial charge in [0.2, 0.25) is 0 Å². The molecule has 31 heavy (non-hydrogen) atoms. The Morgan fingerprint density at radius 2 is 1.81 bits per heavy atom. The molecule has 0 unspecified atom stereocenters. The molecule has 0 saturated heterocycles. The van der Waals surface area contributed by atoms with Gasteiger partial charge in [0.15, 0.2) is 0 Å². The Balaban J connectivity index is 1.47. The molecule has 6 rings (SSSR count). The van der Waals surface area contributed by atoms with Crippen LogP contribution in [-0.4, -0.2) is 57.4 Å². The van der Waals surface area contributed by atoms with Crippen molar-refractivity contribution in [1.29, 1.82) is 0 Å². The number of hydrogen-bond donors (Lipinski definition) is 1. The Labute approximate surface area is 181 Å². The number of hydrogen-bond acceptors (Lipinski definition) is 7. The molecule has 1 N–H and O–H groups in total. The van der Waals surface area contributed by atoms with E-state index in [1.807, 2.05) is 49.1 Å². The Morgan fingerprint density at radius 1 is 1.00 bits per heavy atom. The fourth-order valence-electron chi connectivity index (χ4n) is 4.54. The highest BCUT2D eigenvalue weighted by Crippen LogP contribution is 2.60. The zero-order valence-corrected chi connectivity index (χ0v) is 17.9. The highest BCUT2D eigenvalue weighted by Gasteiger charge is 2.60.